The van der Waals surface area contributed by atoms with Crippen LogP contribution >= 0.6 is 11.6 Å². The summed E-state index contributed by atoms with van der Waals surface area (Å²) < 4.78 is 0. The number of hydrogen-bond donors (Lipinski definition) is 2. The van der Waals surface area contributed by atoms with Gasteiger partial charge in [0.2, 0.25) is 5.91 Å². The standard InChI is InChI=1S/C16H26ClN3O/c1-4-8-19-16(21)10-15(11-18)20(3)12(2)13-6-5-7-14(17)9-13/h5-7,9,12,15H,4,8,10-11,18H2,1-3H3,(H,19,21). The molecule has 1 aromatic carbocycles. The highest BCUT2D eigenvalue weighted by molar-refractivity contribution is 6.30. The number of nitrogens with one attached hydrogen (secondary N) is 1. The molecule has 0 heterocycles. The summed E-state index contributed by atoms with van der Waals surface area (Å²) in [7, 11) is 2.00. The van der Waals surface area contributed by atoms with Crippen LogP contribution in [-0.4, -0.2) is 37.0 Å². The van der Waals surface area contributed by atoms with Crippen molar-refractivity contribution < 1.29 is 4.79 Å². The summed E-state index contributed by atoms with van der Waals surface area (Å²) >= 11 is 6.04. The molecular weight excluding hydrogens is 286 g/mol. The topological polar surface area (TPSA) is 58.4 Å². The van der Waals surface area contributed by atoms with E-state index in [9.17, 15) is 4.79 Å². The summed E-state index contributed by atoms with van der Waals surface area (Å²) in [5.41, 5.74) is 6.97. The molecule has 1 aromatic rings. The minimum atomic E-state index is 0.0100. The third kappa shape index (κ3) is 5.65. The van der Waals surface area contributed by atoms with E-state index in [1.165, 1.54) is 0 Å². The Morgan fingerprint density at radius 3 is 2.76 bits per heavy atom. The summed E-state index contributed by atoms with van der Waals surface area (Å²) in [6.07, 6.45) is 1.35. The van der Waals surface area contributed by atoms with Crippen molar-refractivity contribution in [2.24, 2.45) is 5.73 Å². The second kappa shape index (κ2) is 9.03. The van der Waals surface area contributed by atoms with Gasteiger partial charge in [0.05, 0.1) is 0 Å². The normalized spacial score (nSPS) is 14.0. The van der Waals surface area contributed by atoms with Crippen LogP contribution in [0.5, 0.6) is 0 Å². The maximum Gasteiger partial charge on any atom is 0.221 e. The van der Waals surface area contributed by atoms with E-state index in [0.29, 0.717) is 19.5 Å². The number of amides is 1. The van der Waals surface area contributed by atoms with E-state index in [1.54, 1.807) is 0 Å². The quantitative estimate of drug-likeness (QED) is 0.776. The number of benzene rings is 1. The fraction of sp³-hybridized carbons (Fsp3) is 0.562. The number of likely N-dealkylation sites (N-methyl/N-ethyl adjacent to an activating group) is 1. The number of nitrogens with two attached hydrogens (primary N) is 1. The number of halogens is 1. The van der Waals surface area contributed by atoms with Crippen LogP contribution in [0.15, 0.2) is 24.3 Å². The van der Waals surface area contributed by atoms with Gasteiger partial charge < -0.3 is 11.1 Å². The average Bonchev–Trinajstić information content (AvgIpc) is 2.49. The number of hydrogen-bond acceptors (Lipinski definition) is 3. The molecule has 1 amide bonds. The van der Waals surface area contributed by atoms with Crippen LogP contribution in [0.1, 0.15) is 38.3 Å². The molecule has 3 N–H and O–H groups in total. The van der Waals surface area contributed by atoms with E-state index in [-0.39, 0.29) is 18.0 Å². The second-order valence-corrected chi connectivity index (χ2v) is 5.78. The molecule has 0 fully saturated rings. The Kier molecular flexibility index (Phi) is 7.72. The molecule has 4 nitrogen and oxygen atoms in total. The largest absolute Gasteiger partial charge is 0.356 e. The first-order valence-electron chi connectivity index (χ1n) is 7.43. The van der Waals surface area contributed by atoms with Gasteiger partial charge in [0.1, 0.15) is 0 Å². The summed E-state index contributed by atoms with van der Waals surface area (Å²) in [4.78, 5) is 14.0. The van der Waals surface area contributed by atoms with Crippen molar-refractivity contribution in [2.75, 3.05) is 20.1 Å². The van der Waals surface area contributed by atoms with Gasteiger partial charge in [-0.2, -0.15) is 0 Å². The molecule has 118 valence electrons. The SMILES string of the molecule is CCCNC(=O)CC(CN)N(C)C(C)c1cccc(Cl)c1. The fourth-order valence-corrected chi connectivity index (χ4v) is 2.46. The van der Waals surface area contributed by atoms with Gasteiger partial charge in [-0.05, 0) is 38.1 Å². The maximum atomic E-state index is 11.9. The molecule has 2 unspecified atom stereocenters. The van der Waals surface area contributed by atoms with Gasteiger partial charge >= 0.3 is 0 Å². The molecule has 0 aliphatic carbocycles. The molecule has 0 aromatic heterocycles. The highest BCUT2D eigenvalue weighted by Crippen LogP contribution is 2.24. The van der Waals surface area contributed by atoms with Crippen LogP contribution in [-0.2, 0) is 4.79 Å². The molecule has 0 spiro atoms. The predicted molar refractivity (Wildman–Crippen MR) is 88.4 cm³/mol. The fourth-order valence-electron chi connectivity index (χ4n) is 2.26. The Morgan fingerprint density at radius 2 is 2.19 bits per heavy atom. The Balaban J connectivity index is 2.69. The van der Waals surface area contributed by atoms with E-state index >= 15 is 0 Å². The van der Waals surface area contributed by atoms with Crippen LogP contribution in [0, 0.1) is 0 Å². The van der Waals surface area contributed by atoms with Crippen molar-refractivity contribution in [1.82, 2.24) is 10.2 Å². The molecule has 5 heteroatoms. The first-order chi connectivity index (χ1) is 9.99. The van der Waals surface area contributed by atoms with E-state index in [4.69, 9.17) is 17.3 Å². The van der Waals surface area contributed by atoms with Crippen LogP contribution < -0.4 is 11.1 Å². The molecule has 0 aliphatic heterocycles. The van der Waals surface area contributed by atoms with Crippen molar-refractivity contribution in [3.05, 3.63) is 34.9 Å². The number of rotatable bonds is 8. The number of nitrogens with zero attached hydrogens (tertiary/aromatic N) is 1. The van der Waals surface area contributed by atoms with Crippen molar-refractivity contribution in [1.29, 1.82) is 0 Å². The van der Waals surface area contributed by atoms with Crippen LogP contribution in [0.25, 0.3) is 0 Å². The van der Waals surface area contributed by atoms with Gasteiger partial charge in [-0.25, -0.2) is 0 Å². The molecule has 0 radical (unpaired) electrons. The molecular formula is C16H26ClN3O. The maximum absolute atomic E-state index is 11.9. The summed E-state index contributed by atoms with van der Waals surface area (Å²) in [6.45, 7) is 5.29. The van der Waals surface area contributed by atoms with E-state index < -0.39 is 0 Å². The van der Waals surface area contributed by atoms with Crippen LogP contribution in [0.2, 0.25) is 5.02 Å². The van der Waals surface area contributed by atoms with E-state index in [1.807, 2.05) is 38.2 Å². The lowest BCUT2D eigenvalue weighted by Crippen LogP contribution is -2.43. The minimum Gasteiger partial charge on any atom is -0.356 e. The molecule has 0 saturated carbocycles. The lowest BCUT2D eigenvalue weighted by Gasteiger charge is -2.32. The molecule has 2 atom stereocenters. The van der Waals surface area contributed by atoms with E-state index in [0.717, 1.165) is 17.0 Å². The van der Waals surface area contributed by atoms with Crippen molar-refractivity contribution in [3.8, 4) is 0 Å². The number of carbonyl (C=O) groups is 1. The molecule has 0 saturated heterocycles. The molecule has 21 heavy (non-hydrogen) atoms. The van der Waals surface area contributed by atoms with E-state index in [2.05, 4.69) is 17.1 Å². The third-order valence-electron chi connectivity index (χ3n) is 3.78. The Labute approximate surface area is 132 Å². The van der Waals surface area contributed by atoms with Crippen molar-refractivity contribution in [3.63, 3.8) is 0 Å². The van der Waals surface area contributed by atoms with Gasteiger partial charge in [0, 0.05) is 36.6 Å². The van der Waals surface area contributed by atoms with Crippen LogP contribution in [0.4, 0.5) is 0 Å². The van der Waals surface area contributed by atoms with Gasteiger partial charge in [-0.1, -0.05) is 30.7 Å². The Bertz CT molecular complexity index is 453. The molecule has 0 bridgehead atoms. The lowest BCUT2D eigenvalue weighted by molar-refractivity contribution is -0.122. The summed E-state index contributed by atoms with van der Waals surface area (Å²) in [5.74, 6) is 0.0532. The summed E-state index contributed by atoms with van der Waals surface area (Å²) in [5, 5.41) is 3.62. The van der Waals surface area contributed by atoms with Gasteiger partial charge in [0.15, 0.2) is 0 Å². The smallest absolute Gasteiger partial charge is 0.221 e. The first-order valence-corrected chi connectivity index (χ1v) is 7.81. The lowest BCUT2D eigenvalue weighted by atomic mass is 10.0. The average molecular weight is 312 g/mol. The van der Waals surface area contributed by atoms with Crippen molar-refractivity contribution >= 4 is 17.5 Å². The first kappa shape index (κ1) is 18.0. The zero-order chi connectivity index (χ0) is 15.8. The van der Waals surface area contributed by atoms with Crippen LogP contribution in [0.3, 0.4) is 0 Å². The molecule has 1 rings (SSSR count). The monoisotopic (exact) mass is 311 g/mol. The Morgan fingerprint density at radius 1 is 1.48 bits per heavy atom. The zero-order valence-corrected chi connectivity index (χ0v) is 13.9. The zero-order valence-electron chi connectivity index (χ0n) is 13.1. The highest BCUT2D eigenvalue weighted by atomic mass is 35.5. The third-order valence-corrected chi connectivity index (χ3v) is 4.02. The second-order valence-electron chi connectivity index (χ2n) is 5.34. The van der Waals surface area contributed by atoms with Gasteiger partial charge in [-0.3, -0.25) is 9.69 Å². The van der Waals surface area contributed by atoms with Crippen molar-refractivity contribution in [2.45, 2.75) is 38.8 Å². The minimum absolute atomic E-state index is 0.0100. The van der Waals surface area contributed by atoms with Gasteiger partial charge in [-0.15, -0.1) is 0 Å². The molecule has 0 aliphatic rings. The predicted octanol–water partition coefficient (Wildman–Crippen LogP) is 2.58. The number of carbonyl (C=O) groups excluding carboxylic acids is 1. The highest BCUT2D eigenvalue weighted by Gasteiger charge is 2.22. The Hall–Kier alpha value is -1.10. The summed E-state index contributed by atoms with van der Waals surface area (Å²) in [6, 6.07) is 7.95. The van der Waals surface area contributed by atoms with Gasteiger partial charge in [0.25, 0.3) is 0 Å².